The van der Waals surface area contributed by atoms with Crippen LogP contribution in [-0.2, 0) is 6.54 Å². The number of hydrogen-bond acceptors (Lipinski definition) is 5. The molecule has 2 aromatic heterocycles. The van der Waals surface area contributed by atoms with Gasteiger partial charge >= 0.3 is 0 Å². The lowest BCUT2D eigenvalue weighted by Crippen LogP contribution is -2.29. The Hall–Kier alpha value is -2.34. The number of pyridine rings is 1. The van der Waals surface area contributed by atoms with Crippen molar-refractivity contribution in [1.82, 2.24) is 19.9 Å². The van der Waals surface area contributed by atoms with Crippen molar-refractivity contribution in [3.63, 3.8) is 0 Å². The van der Waals surface area contributed by atoms with Crippen molar-refractivity contribution in [1.29, 1.82) is 0 Å². The highest BCUT2D eigenvalue weighted by Crippen LogP contribution is 2.34. The first-order valence-electron chi connectivity index (χ1n) is 8.36. The smallest absolute Gasteiger partial charge is 0.162 e. The van der Waals surface area contributed by atoms with E-state index in [1.165, 1.54) is 12.8 Å². The van der Waals surface area contributed by atoms with E-state index in [1.54, 1.807) is 14.2 Å². The largest absolute Gasteiger partial charge is 0.493 e. The summed E-state index contributed by atoms with van der Waals surface area (Å²) in [7, 11) is 3.30. The summed E-state index contributed by atoms with van der Waals surface area (Å²) in [6, 6.07) is 3.93. The van der Waals surface area contributed by atoms with Gasteiger partial charge in [-0.25, -0.2) is 4.98 Å². The van der Waals surface area contributed by atoms with Crippen LogP contribution in [-0.4, -0.2) is 41.8 Å². The van der Waals surface area contributed by atoms with Gasteiger partial charge in [0.2, 0.25) is 0 Å². The first kappa shape index (κ1) is 15.2. The summed E-state index contributed by atoms with van der Waals surface area (Å²) in [4.78, 5) is 9.08. The minimum Gasteiger partial charge on any atom is -0.493 e. The molecule has 0 spiro atoms. The number of fused-ring (bicyclic) bond motifs is 3. The standard InChI is InChI=1S/C18H22N4O2/c1-23-16-7-13-14(8-17(16)24-2)20-9-15-18(13)22(11-21-15)10-12-3-5-19-6-4-12/h7-9,11-12,19H,3-6,10H2,1-2H3. The number of aromatic nitrogens is 3. The number of ether oxygens (including phenoxy) is 2. The van der Waals surface area contributed by atoms with Gasteiger partial charge < -0.3 is 19.4 Å². The van der Waals surface area contributed by atoms with E-state index in [0.29, 0.717) is 17.4 Å². The van der Waals surface area contributed by atoms with Crippen molar-refractivity contribution in [3.8, 4) is 11.5 Å². The summed E-state index contributed by atoms with van der Waals surface area (Å²) in [5.41, 5.74) is 2.94. The van der Waals surface area contributed by atoms with Crippen molar-refractivity contribution in [3.05, 3.63) is 24.7 Å². The zero-order chi connectivity index (χ0) is 16.5. The Balaban J connectivity index is 1.84. The number of nitrogens with zero attached hydrogens (tertiary/aromatic N) is 3. The number of benzene rings is 1. The van der Waals surface area contributed by atoms with Crippen LogP contribution in [0.4, 0.5) is 0 Å². The van der Waals surface area contributed by atoms with Gasteiger partial charge in [0.25, 0.3) is 0 Å². The molecule has 0 saturated carbocycles. The molecule has 1 N–H and O–H groups in total. The van der Waals surface area contributed by atoms with Crippen LogP contribution in [0, 0.1) is 5.92 Å². The molecule has 0 radical (unpaired) electrons. The molecule has 1 aliphatic heterocycles. The fourth-order valence-electron chi connectivity index (χ4n) is 3.56. The first-order valence-corrected chi connectivity index (χ1v) is 8.36. The SMILES string of the molecule is COc1cc2ncc3ncn(CC4CCNCC4)c3c2cc1OC. The Bertz CT molecular complexity index is 868. The lowest BCUT2D eigenvalue weighted by atomic mass is 9.98. The summed E-state index contributed by atoms with van der Waals surface area (Å²) in [5, 5.41) is 4.48. The first-order chi connectivity index (χ1) is 11.8. The van der Waals surface area contributed by atoms with Gasteiger partial charge in [-0.2, -0.15) is 0 Å². The summed E-state index contributed by atoms with van der Waals surface area (Å²) >= 11 is 0. The van der Waals surface area contributed by atoms with Crippen molar-refractivity contribution >= 4 is 21.9 Å². The van der Waals surface area contributed by atoms with Crippen molar-refractivity contribution < 1.29 is 9.47 Å². The molecule has 0 unspecified atom stereocenters. The molecule has 1 aromatic carbocycles. The zero-order valence-corrected chi connectivity index (χ0v) is 14.1. The van der Waals surface area contributed by atoms with Crippen molar-refractivity contribution in [2.24, 2.45) is 5.92 Å². The average Bonchev–Trinajstić information content (AvgIpc) is 3.04. The molecule has 24 heavy (non-hydrogen) atoms. The third-order valence-corrected chi connectivity index (χ3v) is 4.86. The molecule has 6 heteroatoms. The molecule has 3 heterocycles. The summed E-state index contributed by atoms with van der Waals surface area (Å²) in [6.07, 6.45) is 6.19. The normalized spacial score (nSPS) is 15.9. The predicted molar refractivity (Wildman–Crippen MR) is 93.7 cm³/mol. The van der Waals surface area contributed by atoms with Gasteiger partial charge in [-0.1, -0.05) is 0 Å². The Labute approximate surface area is 140 Å². The van der Waals surface area contributed by atoms with Gasteiger partial charge in [-0.15, -0.1) is 0 Å². The van der Waals surface area contributed by atoms with Gasteiger partial charge in [-0.3, -0.25) is 4.98 Å². The topological polar surface area (TPSA) is 61.2 Å². The molecule has 0 amide bonds. The molecular formula is C18H22N4O2. The molecule has 1 aliphatic rings. The van der Waals surface area contributed by atoms with E-state index in [-0.39, 0.29) is 0 Å². The number of nitrogens with one attached hydrogen (secondary N) is 1. The number of imidazole rings is 1. The second-order valence-corrected chi connectivity index (χ2v) is 6.31. The molecule has 126 valence electrons. The molecule has 1 fully saturated rings. The van der Waals surface area contributed by atoms with Crippen LogP contribution in [0.3, 0.4) is 0 Å². The summed E-state index contributed by atoms with van der Waals surface area (Å²) in [5.74, 6) is 2.10. The second kappa shape index (κ2) is 6.28. The quantitative estimate of drug-likeness (QED) is 0.798. The number of piperidine rings is 1. The molecule has 0 bridgehead atoms. The predicted octanol–water partition coefficient (Wildman–Crippen LogP) is 2.60. The Kier molecular flexibility index (Phi) is 3.98. The van der Waals surface area contributed by atoms with E-state index in [4.69, 9.17) is 9.47 Å². The van der Waals surface area contributed by atoms with E-state index in [9.17, 15) is 0 Å². The molecule has 0 aliphatic carbocycles. The van der Waals surface area contributed by atoms with E-state index < -0.39 is 0 Å². The molecule has 1 saturated heterocycles. The minimum absolute atomic E-state index is 0.687. The fourth-order valence-corrected chi connectivity index (χ4v) is 3.56. The van der Waals surface area contributed by atoms with Crippen LogP contribution in [0.2, 0.25) is 0 Å². The maximum atomic E-state index is 5.47. The monoisotopic (exact) mass is 326 g/mol. The van der Waals surface area contributed by atoms with E-state index in [2.05, 4.69) is 19.9 Å². The van der Waals surface area contributed by atoms with Gasteiger partial charge in [-0.05, 0) is 37.9 Å². The molecular weight excluding hydrogens is 304 g/mol. The highest BCUT2D eigenvalue weighted by Gasteiger charge is 2.17. The van der Waals surface area contributed by atoms with Crippen molar-refractivity contribution in [2.75, 3.05) is 27.3 Å². The van der Waals surface area contributed by atoms with E-state index in [0.717, 1.165) is 41.6 Å². The Morgan fingerprint density at radius 2 is 1.83 bits per heavy atom. The summed E-state index contributed by atoms with van der Waals surface area (Å²) < 4.78 is 13.1. The second-order valence-electron chi connectivity index (χ2n) is 6.31. The molecule has 3 aromatic rings. The van der Waals surface area contributed by atoms with Crippen LogP contribution < -0.4 is 14.8 Å². The Morgan fingerprint density at radius 3 is 2.58 bits per heavy atom. The van der Waals surface area contributed by atoms with E-state index in [1.807, 2.05) is 24.7 Å². The van der Waals surface area contributed by atoms with Crippen LogP contribution in [0.1, 0.15) is 12.8 Å². The fraction of sp³-hybridized carbons (Fsp3) is 0.444. The van der Waals surface area contributed by atoms with Crippen LogP contribution in [0.25, 0.3) is 21.9 Å². The number of methoxy groups -OCH3 is 2. The van der Waals surface area contributed by atoms with Crippen molar-refractivity contribution in [2.45, 2.75) is 19.4 Å². The lowest BCUT2D eigenvalue weighted by Gasteiger charge is -2.23. The van der Waals surface area contributed by atoms with E-state index >= 15 is 0 Å². The van der Waals surface area contributed by atoms with Gasteiger partial charge in [0.05, 0.1) is 37.8 Å². The van der Waals surface area contributed by atoms with Gasteiger partial charge in [0.1, 0.15) is 5.52 Å². The van der Waals surface area contributed by atoms with Gasteiger partial charge in [0, 0.05) is 18.0 Å². The zero-order valence-electron chi connectivity index (χ0n) is 14.1. The van der Waals surface area contributed by atoms with Crippen LogP contribution >= 0.6 is 0 Å². The molecule has 6 nitrogen and oxygen atoms in total. The number of hydrogen-bond donors (Lipinski definition) is 1. The highest BCUT2D eigenvalue weighted by molar-refractivity contribution is 6.03. The molecule has 0 atom stereocenters. The third-order valence-electron chi connectivity index (χ3n) is 4.86. The highest BCUT2D eigenvalue weighted by atomic mass is 16.5. The Morgan fingerprint density at radius 1 is 1.08 bits per heavy atom. The molecule has 4 rings (SSSR count). The number of rotatable bonds is 4. The third kappa shape index (κ3) is 2.57. The average molecular weight is 326 g/mol. The summed E-state index contributed by atoms with van der Waals surface area (Å²) in [6.45, 7) is 3.20. The van der Waals surface area contributed by atoms with Crippen LogP contribution in [0.5, 0.6) is 11.5 Å². The lowest BCUT2D eigenvalue weighted by molar-refractivity contribution is 0.336. The minimum atomic E-state index is 0.687. The van der Waals surface area contributed by atoms with Crippen LogP contribution in [0.15, 0.2) is 24.7 Å². The van der Waals surface area contributed by atoms with Gasteiger partial charge in [0.15, 0.2) is 11.5 Å². The maximum Gasteiger partial charge on any atom is 0.162 e. The maximum absolute atomic E-state index is 5.47.